The maximum Gasteiger partial charge on any atom is 0.407 e. The summed E-state index contributed by atoms with van der Waals surface area (Å²) in [7, 11) is -2.90. The van der Waals surface area contributed by atoms with Crippen molar-refractivity contribution in [3.8, 4) is 0 Å². The zero-order valence-electron chi connectivity index (χ0n) is 14.5. The summed E-state index contributed by atoms with van der Waals surface area (Å²) >= 11 is 0. The van der Waals surface area contributed by atoms with Crippen molar-refractivity contribution in [1.82, 2.24) is 10.6 Å². The number of alkyl carbamates (subject to hydrolysis) is 1. The maximum absolute atomic E-state index is 12.1. The molecule has 2 amide bonds. The lowest BCUT2D eigenvalue weighted by molar-refractivity contribution is -0.121. The minimum absolute atomic E-state index is 0.000337. The summed E-state index contributed by atoms with van der Waals surface area (Å²) in [5, 5.41) is 5.04. The Morgan fingerprint density at radius 2 is 1.76 bits per heavy atom. The lowest BCUT2D eigenvalue weighted by Gasteiger charge is -2.21. The molecule has 1 rings (SSSR count). The molecule has 0 saturated carbocycles. The molecule has 0 fully saturated rings. The number of likely N-dealkylation sites (N-methyl/N-ethyl adjacent to an activating group) is 1. The number of nitrogens with one attached hydrogen (secondary N) is 3. The zero-order chi connectivity index (χ0) is 19.3. The van der Waals surface area contributed by atoms with Crippen LogP contribution in [0, 0.1) is 0 Å². The van der Waals surface area contributed by atoms with Crippen LogP contribution in [0.2, 0.25) is 0 Å². The van der Waals surface area contributed by atoms with E-state index in [0.29, 0.717) is 5.56 Å². The highest BCUT2D eigenvalue weighted by Crippen LogP contribution is 2.19. The first kappa shape index (κ1) is 20.7. The van der Waals surface area contributed by atoms with Gasteiger partial charge in [0.1, 0.15) is 5.60 Å². The van der Waals surface area contributed by atoms with Crippen molar-refractivity contribution in [2.45, 2.75) is 32.3 Å². The van der Waals surface area contributed by atoms with Crippen molar-refractivity contribution in [1.29, 1.82) is 0 Å². The third-order valence-electron chi connectivity index (χ3n) is 2.97. The molecule has 1 aromatic carbocycles. The number of ether oxygens (including phenoxy) is 1. The molecule has 140 valence electrons. The third kappa shape index (κ3) is 7.86. The van der Waals surface area contributed by atoms with Gasteiger partial charge in [0.25, 0.3) is 0 Å². The van der Waals surface area contributed by atoms with E-state index < -0.39 is 27.9 Å². The van der Waals surface area contributed by atoms with Gasteiger partial charge in [0.15, 0.2) is 0 Å². The standard InChI is InChI=1S/C15H23N3O6S/c1-15(2,3)24-14(20)17-9-12(13(19)16-4)10-5-7-11(8-6-10)18-25(21,22)23/h5-8,12,18H,9H2,1-4H3,(H,16,19)(H,17,20)(H,21,22,23)/t12-/m0/s1. The van der Waals surface area contributed by atoms with Gasteiger partial charge in [-0.2, -0.15) is 8.42 Å². The van der Waals surface area contributed by atoms with Crippen LogP contribution in [-0.2, 0) is 19.8 Å². The van der Waals surface area contributed by atoms with Crippen LogP contribution in [0.5, 0.6) is 0 Å². The fraction of sp³-hybridized carbons (Fsp3) is 0.467. The van der Waals surface area contributed by atoms with E-state index in [0.717, 1.165) is 0 Å². The molecule has 0 aromatic heterocycles. The summed E-state index contributed by atoms with van der Waals surface area (Å²) in [5.74, 6) is -1.02. The van der Waals surface area contributed by atoms with E-state index in [2.05, 4.69) is 10.6 Å². The monoisotopic (exact) mass is 373 g/mol. The van der Waals surface area contributed by atoms with Gasteiger partial charge in [-0.25, -0.2) is 4.79 Å². The van der Waals surface area contributed by atoms with E-state index in [1.807, 2.05) is 4.72 Å². The Labute approximate surface area is 147 Å². The molecule has 0 unspecified atom stereocenters. The summed E-state index contributed by atoms with van der Waals surface area (Å²) in [6, 6.07) is 5.83. The summed E-state index contributed by atoms with van der Waals surface area (Å²) in [5.41, 5.74) is 0.0358. The molecule has 9 nitrogen and oxygen atoms in total. The highest BCUT2D eigenvalue weighted by Gasteiger charge is 2.22. The Balaban J connectivity index is 2.85. The van der Waals surface area contributed by atoms with Crippen LogP contribution in [0.1, 0.15) is 32.3 Å². The molecule has 4 N–H and O–H groups in total. The average Bonchev–Trinajstić information content (AvgIpc) is 2.45. The number of benzene rings is 1. The zero-order valence-corrected chi connectivity index (χ0v) is 15.3. The van der Waals surface area contributed by atoms with Crippen molar-refractivity contribution in [2.24, 2.45) is 0 Å². The number of anilines is 1. The fourth-order valence-electron chi connectivity index (χ4n) is 1.97. The van der Waals surface area contributed by atoms with Crippen LogP contribution >= 0.6 is 0 Å². The van der Waals surface area contributed by atoms with E-state index in [1.54, 1.807) is 20.8 Å². The average molecular weight is 373 g/mol. The summed E-state index contributed by atoms with van der Waals surface area (Å²) in [6.45, 7) is 5.18. The van der Waals surface area contributed by atoms with Crippen molar-refractivity contribution in [3.05, 3.63) is 29.8 Å². The summed E-state index contributed by atoms with van der Waals surface area (Å²) in [4.78, 5) is 23.8. The van der Waals surface area contributed by atoms with Crippen LogP contribution < -0.4 is 15.4 Å². The minimum Gasteiger partial charge on any atom is -0.444 e. The molecule has 0 aliphatic heterocycles. The van der Waals surface area contributed by atoms with Gasteiger partial charge in [-0.05, 0) is 38.5 Å². The third-order valence-corrected chi connectivity index (χ3v) is 3.47. The van der Waals surface area contributed by atoms with Crippen molar-refractivity contribution < 1.29 is 27.3 Å². The second-order valence-electron chi connectivity index (χ2n) is 6.25. The number of carbonyl (C=O) groups is 2. The second kappa shape index (κ2) is 8.17. The van der Waals surface area contributed by atoms with E-state index in [1.165, 1.54) is 31.3 Å². The van der Waals surface area contributed by atoms with Crippen molar-refractivity contribution in [3.63, 3.8) is 0 Å². The number of carbonyl (C=O) groups excluding carboxylic acids is 2. The molecule has 1 aromatic rings. The van der Waals surface area contributed by atoms with E-state index >= 15 is 0 Å². The smallest absolute Gasteiger partial charge is 0.407 e. The first-order valence-corrected chi connectivity index (χ1v) is 8.89. The second-order valence-corrected chi connectivity index (χ2v) is 7.40. The van der Waals surface area contributed by atoms with E-state index in [9.17, 15) is 18.0 Å². The SMILES string of the molecule is CNC(=O)[C@@H](CNC(=O)OC(C)(C)C)c1ccc(NS(=O)(=O)O)cc1. The molecule has 0 saturated heterocycles. The van der Waals surface area contributed by atoms with E-state index in [4.69, 9.17) is 9.29 Å². The van der Waals surface area contributed by atoms with Crippen LogP contribution in [0.3, 0.4) is 0 Å². The van der Waals surface area contributed by atoms with Gasteiger partial charge in [0.05, 0.1) is 11.6 Å². The quantitative estimate of drug-likeness (QED) is 0.555. The highest BCUT2D eigenvalue weighted by molar-refractivity contribution is 7.87. The molecule has 10 heteroatoms. The molecular weight excluding hydrogens is 350 g/mol. The first-order valence-electron chi connectivity index (χ1n) is 7.45. The minimum atomic E-state index is -4.37. The lowest BCUT2D eigenvalue weighted by Crippen LogP contribution is -2.38. The Morgan fingerprint density at radius 3 is 2.20 bits per heavy atom. The van der Waals surface area contributed by atoms with Crippen molar-refractivity contribution in [2.75, 3.05) is 18.3 Å². The number of hydrogen-bond acceptors (Lipinski definition) is 5. The topological polar surface area (TPSA) is 134 Å². The summed E-state index contributed by atoms with van der Waals surface area (Å²) in [6.07, 6.45) is -0.647. The molecule has 25 heavy (non-hydrogen) atoms. The molecule has 1 atom stereocenters. The molecule has 0 aliphatic carbocycles. The Morgan fingerprint density at radius 1 is 1.20 bits per heavy atom. The Kier molecular flexibility index (Phi) is 6.77. The van der Waals surface area contributed by atoms with Crippen LogP contribution in [0.4, 0.5) is 10.5 Å². The molecule has 0 bridgehead atoms. The largest absolute Gasteiger partial charge is 0.444 e. The molecule has 0 radical (unpaired) electrons. The fourth-order valence-corrected chi connectivity index (χ4v) is 2.40. The van der Waals surface area contributed by atoms with Gasteiger partial charge in [0.2, 0.25) is 5.91 Å². The van der Waals surface area contributed by atoms with Gasteiger partial charge < -0.3 is 15.4 Å². The lowest BCUT2D eigenvalue weighted by atomic mass is 9.98. The molecule has 0 spiro atoms. The van der Waals surface area contributed by atoms with Gasteiger partial charge in [-0.15, -0.1) is 0 Å². The molecule has 0 heterocycles. The van der Waals surface area contributed by atoms with Gasteiger partial charge in [0, 0.05) is 13.6 Å². The Bertz CT molecular complexity index is 710. The van der Waals surface area contributed by atoms with E-state index in [-0.39, 0.29) is 18.1 Å². The van der Waals surface area contributed by atoms with Gasteiger partial charge in [-0.3, -0.25) is 14.1 Å². The number of hydrogen-bond donors (Lipinski definition) is 4. The number of rotatable bonds is 6. The predicted molar refractivity (Wildman–Crippen MR) is 92.7 cm³/mol. The Hall–Kier alpha value is -2.33. The molecular formula is C15H23N3O6S. The highest BCUT2D eigenvalue weighted by atomic mass is 32.2. The van der Waals surface area contributed by atoms with Crippen molar-refractivity contribution >= 4 is 28.0 Å². The normalized spacial score (nSPS) is 12.8. The molecule has 0 aliphatic rings. The number of amides is 2. The first-order chi connectivity index (χ1) is 11.4. The summed E-state index contributed by atoms with van der Waals surface area (Å²) < 4.78 is 37.3. The maximum atomic E-state index is 12.1. The van der Waals surface area contributed by atoms with Crippen LogP contribution in [0.15, 0.2) is 24.3 Å². The van der Waals surface area contributed by atoms with Gasteiger partial charge in [-0.1, -0.05) is 12.1 Å². The van der Waals surface area contributed by atoms with Crippen LogP contribution in [0.25, 0.3) is 0 Å². The predicted octanol–water partition coefficient (Wildman–Crippen LogP) is 1.26. The van der Waals surface area contributed by atoms with Crippen LogP contribution in [-0.4, -0.2) is 44.2 Å². The van der Waals surface area contributed by atoms with Gasteiger partial charge >= 0.3 is 16.4 Å².